The summed E-state index contributed by atoms with van der Waals surface area (Å²) in [5, 5.41) is 0. The molecule has 0 radical (unpaired) electrons. The smallest absolute Gasteiger partial charge is 0.289 e. The van der Waals surface area contributed by atoms with E-state index in [0.717, 1.165) is 11.3 Å². The molecule has 3 nitrogen and oxygen atoms in total. The number of amides is 1. The molecular weight excluding hydrogens is 282 g/mol. The van der Waals surface area contributed by atoms with Gasteiger partial charge in [0.15, 0.2) is 0 Å². The van der Waals surface area contributed by atoms with Crippen LogP contribution in [0.3, 0.4) is 0 Å². The van der Waals surface area contributed by atoms with E-state index < -0.39 is 0 Å². The van der Waals surface area contributed by atoms with Gasteiger partial charge in [-0.15, -0.1) is 0 Å². The lowest BCUT2D eigenvalue weighted by molar-refractivity contribution is 0.232. The number of carbonyl (C=O) groups is 1. The number of halogens is 1. The molecule has 1 amide bonds. The van der Waals surface area contributed by atoms with Crippen molar-refractivity contribution in [2.75, 3.05) is 14.2 Å². The van der Waals surface area contributed by atoms with Crippen LogP contribution < -0.4 is 4.74 Å². The maximum Gasteiger partial charge on any atom is 0.289 e. The molecule has 0 aromatic heterocycles. The molecular formula is C13H18BrNO2. The van der Waals surface area contributed by atoms with Crippen LogP contribution >= 0.6 is 15.9 Å². The zero-order valence-electron chi connectivity index (χ0n) is 10.7. The predicted molar refractivity (Wildman–Crippen MR) is 72.9 cm³/mol. The van der Waals surface area contributed by atoms with Crippen LogP contribution in [-0.2, 0) is 6.54 Å². The number of ether oxygens (including phenoxy) is 1. The molecule has 4 heteroatoms. The number of methoxy groups -OCH3 is 1. The van der Waals surface area contributed by atoms with E-state index in [1.807, 2.05) is 6.07 Å². The van der Waals surface area contributed by atoms with Crippen LogP contribution in [0.25, 0.3) is 0 Å². The highest BCUT2D eigenvalue weighted by molar-refractivity contribution is 9.18. The Bertz CT molecular complexity index is 404. The summed E-state index contributed by atoms with van der Waals surface area (Å²) in [6.45, 7) is 4.82. The van der Waals surface area contributed by atoms with Gasteiger partial charge in [-0.3, -0.25) is 4.79 Å². The Hall–Kier alpha value is -1.03. The minimum atomic E-state index is -0.130. The number of carbonyl (C=O) groups excluding carboxylic acids is 1. The van der Waals surface area contributed by atoms with Crippen molar-refractivity contribution in [1.29, 1.82) is 0 Å². The van der Waals surface area contributed by atoms with Crippen molar-refractivity contribution in [1.82, 2.24) is 4.90 Å². The van der Waals surface area contributed by atoms with Crippen LogP contribution in [0.5, 0.6) is 5.75 Å². The first-order valence-electron chi connectivity index (χ1n) is 5.53. The molecule has 0 unspecified atom stereocenters. The predicted octanol–water partition coefficient (Wildman–Crippen LogP) is 3.77. The molecule has 0 atom stereocenters. The number of nitrogens with zero attached hydrogens (tertiary/aromatic N) is 1. The van der Waals surface area contributed by atoms with E-state index in [1.165, 1.54) is 5.56 Å². The summed E-state index contributed by atoms with van der Waals surface area (Å²) in [5.74, 6) is 1.28. The quantitative estimate of drug-likeness (QED) is 0.626. The molecule has 0 aliphatic rings. The first kappa shape index (κ1) is 14.0. The molecule has 0 fully saturated rings. The summed E-state index contributed by atoms with van der Waals surface area (Å²) < 4.78 is 5.31. The SMILES string of the molecule is COc1ccc(C(C)C)cc1CN(C)C(=O)Br. The second-order valence-electron chi connectivity index (χ2n) is 4.34. The maximum absolute atomic E-state index is 11.2. The van der Waals surface area contributed by atoms with Gasteiger partial charge in [-0.25, -0.2) is 0 Å². The molecule has 0 saturated carbocycles. The van der Waals surface area contributed by atoms with E-state index in [4.69, 9.17) is 4.74 Å². The van der Waals surface area contributed by atoms with E-state index in [9.17, 15) is 4.79 Å². The molecule has 0 saturated heterocycles. The molecule has 0 heterocycles. The van der Waals surface area contributed by atoms with Crippen LogP contribution in [0, 0.1) is 0 Å². The van der Waals surface area contributed by atoms with E-state index in [-0.39, 0.29) is 4.82 Å². The number of benzene rings is 1. The van der Waals surface area contributed by atoms with Crippen molar-refractivity contribution in [3.05, 3.63) is 29.3 Å². The highest BCUT2D eigenvalue weighted by Crippen LogP contribution is 2.25. The lowest BCUT2D eigenvalue weighted by Gasteiger charge is -2.17. The van der Waals surface area contributed by atoms with Crippen molar-refractivity contribution in [3.63, 3.8) is 0 Å². The van der Waals surface area contributed by atoms with E-state index in [2.05, 4.69) is 41.9 Å². The Morgan fingerprint density at radius 2 is 2.12 bits per heavy atom. The average Bonchev–Trinajstić information content (AvgIpc) is 2.28. The maximum atomic E-state index is 11.2. The highest BCUT2D eigenvalue weighted by atomic mass is 79.9. The van der Waals surface area contributed by atoms with Gasteiger partial charge < -0.3 is 9.64 Å². The number of rotatable bonds is 4. The minimum absolute atomic E-state index is 0.130. The van der Waals surface area contributed by atoms with Crippen LogP contribution in [0.15, 0.2) is 18.2 Å². The van der Waals surface area contributed by atoms with E-state index >= 15 is 0 Å². The van der Waals surface area contributed by atoms with Gasteiger partial charge in [0.05, 0.1) is 7.11 Å². The Balaban J connectivity index is 3.01. The Morgan fingerprint density at radius 1 is 1.47 bits per heavy atom. The monoisotopic (exact) mass is 299 g/mol. The molecule has 0 bridgehead atoms. The summed E-state index contributed by atoms with van der Waals surface area (Å²) >= 11 is 2.94. The third kappa shape index (κ3) is 3.73. The normalized spacial score (nSPS) is 10.5. The zero-order chi connectivity index (χ0) is 13.0. The molecule has 94 valence electrons. The second kappa shape index (κ2) is 6.05. The number of hydrogen-bond acceptors (Lipinski definition) is 2. The fraction of sp³-hybridized carbons (Fsp3) is 0.462. The molecule has 17 heavy (non-hydrogen) atoms. The van der Waals surface area contributed by atoms with Crippen molar-refractivity contribution in [2.24, 2.45) is 0 Å². The van der Waals surface area contributed by atoms with Gasteiger partial charge in [-0.05, 0) is 17.5 Å². The summed E-state index contributed by atoms with van der Waals surface area (Å²) in [4.78, 5) is 12.6. The van der Waals surface area contributed by atoms with Gasteiger partial charge in [0, 0.05) is 35.1 Å². The Labute approximate surface area is 111 Å². The molecule has 0 aliphatic heterocycles. The lowest BCUT2D eigenvalue weighted by Crippen LogP contribution is -2.20. The van der Waals surface area contributed by atoms with Crippen molar-refractivity contribution >= 4 is 20.7 Å². The summed E-state index contributed by atoms with van der Waals surface area (Å²) in [6.07, 6.45) is 0. The second-order valence-corrected chi connectivity index (χ2v) is 5.01. The first-order valence-corrected chi connectivity index (χ1v) is 6.32. The van der Waals surface area contributed by atoms with Crippen LogP contribution in [0.1, 0.15) is 30.9 Å². The lowest BCUT2D eigenvalue weighted by atomic mass is 10.00. The van der Waals surface area contributed by atoms with Gasteiger partial charge in [0.1, 0.15) is 5.75 Å². The third-order valence-corrected chi connectivity index (χ3v) is 3.28. The van der Waals surface area contributed by atoms with Crippen LogP contribution in [0.2, 0.25) is 0 Å². The zero-order valence-corrected chi connectivity index (χ0v) is 12.2. The van der Waals surface area contributed by atoms with E-state index in [1.54, 1.807) is 19.1 Å². The molecule has 1 aromatic rings. The first-order chi connectivity index (χ1) is 7.95. The largest absolute Gasteiger partial charge is 0.496 e. The van der Waals surface area contributed by atoms with Crippen LogP contribution in [-0.4, -0.2) is 23.9 Å². The van der Waals surface area contributed by atoms with Gasteiger partial charge >= 0.3 is 0 Å². The van der Waals surface area contributed by atoms with Crippen molar-refractivity contribution in [2.45, 2.75) is 26.3 Å². The van der Waals surface area contributed by atoms with Crippen LogP contribution in [0.4, 0.5) is 4.79 Å². The average molecular weight is 300 g/mol. The van der Waals surface area contributed by atoms with Gasteiger partial charge in [0.2, 0.25) is 0 Å². The molecule has 0 aliphatic carbocycles. The summed E-state index contributed by atoms with van der Waals surface area (Å²) in [6, 6.07) is 6.11. The van der Waals surface area contributed by atoms with Gasteiger partial charge in [-0.1, -0.05) is 26.0 Å². The third-order valence-electron chi connectivity index (χ3n) is 2.68. The topological polar surface area (TPSA) is 29.5 Å². The number of hydrogen-bond donors (Lipinski definition) is 0. The summed E-state index contributed by atoms with van der Waals surface area (Å²) in [7, 11) is 3.39. The highest BCUT2D eigenvalue weighted by Gasteiger charge is 2.11. The van der Waals surface area contributed by atoms with Gasteiger partial charge in [0.25, 0.3) is 4.82 Å². The standard InChI is InChI=1S/C13H18BrNO2/c1-9(2)10-5-6-12(17-4)11(7-10)8-15(3)13(14)16/h5-7,9H,8H2,1-4H3. The van der Waals surface area contributed by atoms with Gasteiger partial charge in [-0.2, -0.15) is 0 Å². The fourth-order valence-electron chi connectivity index (χ4n) is 1.60. The summed E-state index contributed by atoms with van der Waals surface area (Å²) in [5.41, 5.74) is 2.27. The fourth-order valence-corrected chi connectivity index (χ4v) is 1.72. The van der Waals surface area contributed by atoms with Crippen molar-refractivity contribution in [3.8, 4) is 5.75 Å². The minimum Gasteiger partial charge on any atom is -0.496 e. The molecule has 0 spiro atoms. The van der Waals surface area contributed by atoms with Crippen molar-refractivity contribution < 1.29 is 9.53 Å². The van der Waals surface area contributed by atoms with E-state index in [0.29, 0.717) is 12.5 Å². The molecule has 1 rings (SSSR count). The molecule has 1 aromatic carbocycles. The molecule has 0 N–H and O–H groups in total. The Kier molecular flexibility index (Phi) is 5.00. The Morgan fingerprint density at radius 3 is 2.59 bits per heavy atom.